The van der Waals surface area contributed by atoms with Gasteiger partial charge in [0.25, 0.3) is 0 Å². The first-order valence-electron chi connectivity index (χ1n) is 4.36. The summed E-state index contributed by atoms with van der Waals surface area (Å²) in [6, 6.07) is 5.50. The number of hydrogen-bond donors (Lipinski definition) is 2. The van der Waals surface area contributed by atoms with Gasteiger partial charge in [-0.3, -0.25) is 5.84 Å². The molecule has 4 nitrogen and oxygen atoms in total. The van der Waals surface area contributed by atoms with E-state index in [9.17, 15) is 0 Å². The summed E-state index contributed by atoms with van der Waals surface area (Å²) in [7, 11) is 0. The van der Waals surface area contributed by atoms with Gasteiger partial charge in [-0.2, -0.15) is 0 Å². The Morgan fingerprint density at radius 1 is 1.36 bits per heavy atom. The third kappa shape index (κ3) is 1.57. The molecule has 4 heteroatoms. The second-order valence-corrected chi connectivity index (χ2v) is 3.10. The van der Waals surface area contributed by atoms with Crippen molar-refractivity contribution < 1.29 is 8.83 Å². The smallest absolute Gasteiger partial charge is 0.127 e. The zero-order chi connectivity index (χ0) is 9.97. The van der Waals surface area contributed by atoms with E-state index in [2.05, 4.69) is 5.43 Å². The van der Waals surface area contributed by atoms with E-state index in [1.807, 2.05) is 25.1 Å². The highest BCUT2D eigenvalue weighted by Crippen LogP contribution is 2.23. The highest BCUT2D eigenvalue weighted by molar-refractivity contribution is 5.23. The van der Waals surface area contributed by atoms with Gasteiger partial charge in [-0.15, -0.1) is 0 Å². The van der Waals surface area contributed by atoms with Crippen molar-refractivity contribution in [2.24, 2.45) is 5.84 Å². The maximum absolute atomic E-state index is 5.48. The normalized spacial score (nSPS) is 13.0. The van der Waals surface area contributed by atoms with Crippen LogP contribution in [0.5, 0.6) is 0 Å². The molecule has 0 radical (unpaired) electrons. The molecule has 0 saturated carbocycles. The second kappa shape index (κ2) is 3.69. The summed E-state index contributed by atoms with van der Waals surface area (Å²) in [5.74, 6) is 7.10. The van der Waals surface area contributed by atoms with E-state index < -0.39 is 0 Å². The highest BCUT2D eigenvalue weighted by atomic mass is 16.3. The summed E-state index contributed by atoms with van der Waals surface area (Å²) in [6.07, 6.45) is 3.25. The Morgan fingerprint density at radius 2 is 2.21 bits per heavy atom. The molecule has 0 aliphatic rings. The van der Waals surface area contributed by atoms with E-state index in [4.69, 9.17) is 14.7 Å². The lowest BCUT2D eigenvalue weighted by atomic mass is 10.1. The average molecular weight is 192 g/mol. The van der Waals surface area contributed by atoms with Crippen LogP contribution in [-0.4, -0.2) is 0 Å². The highest BCUT2D eigenvalue weighted by Gasteiger charge is 2.16. The van der Waals surface area contributed by atoms with Crippen LogP contribution in [0.15, 0.2) is 39.6 Å². The minimum absolute atomic E-state index is 0.151. The molecule has 14 heavy (non-hydrogen) atoms. The molecule has 1 atom stereocenters. The number of hydrazine groups is 1. The van der Waals surface area contributed by atoms with E-state index in [1.54, 1.807) is 12.5 Å². The Labute approximate surface area is 81.7 Å². The minimum Gasteiger partial charge on any atom is -0.472 e. The fraction of sp³-hybridized carbons (Fsp3) is 0.200. The van der Waals surface area contributed by atoms with E-state index >= 15 is 0 Å². The fourth-order valence-corrected chi connectivity index (χ4v) is 1.39. The van der Waals surface area contributed by atoms with Gasteiger partial charge in [-0.25, -0.2) is 5.43 Å². The van der Waals surface area contributed by atoms with Gasteiger partial charge in [-0.1, -0.05) is 0 Å². The number of hydrogen-bond acceptors (Lipinski definition) is 4. The molecule has 0 aromatic carbocycles. The summed E-state index contributed by atoms with van der Waals surface area (Å²) >= 11 is 0. The lowest BCUT2D eigenvalue weighted by Gasteiger charge is -2.10. The summed E-state index contributed by atoms with van der Waals surface area (Å²) in [4.78, 5) is 0. The van der Waals surface area contributed by atoms with Crippen molar-refractivity contribution in [1.29, 1.82) is 0 Å². The van der Waals surface area contributed by atoms with Crippen LogP contribution >= 0.6 is 0 Å². The Kier molecular flexibility index (Phi) is 2.39. The molecule has 0 fully saturated rings. The first kappa shape index (κ1) is 9.05. The van der Waals surface area contributed by atoms with Gasteiger partial charge in [0.2, 0.25) is 0 Å². The first-order chi connectivity index (χ1) is 6.81. The quantitative estimate of drug-likeness (QED) is 0.574. The standard InChI is InChI=1S/C10H12N2O2/c1-7-2-3-9(14-7)10(12-11)8-4-5-13-6-8/h2-6,10,12H,11H2,1H3. The van der Waals surface area contributed by atoms with Crippen LogP contribution in [0.4, 0.5) is 0 Å². The number of nitrogens with two attached hydrogens (primary N) is 1. The predicted molar refractivity (Wildman–Crippen MR) is 51.3 cm³/mol. The van der Waals surface area contributed by atoms with Gasteiger partial charge in [-0.05, 0) is 25.1 Å². The Bertz CT molecular complexity index is 392. The summed E-state index contributed by atoms with van der Waals surface area (Å²) in [6.45, 7) is 1.90. The molecule has 0 bridgehead atoms. The zero-order valence-corrected chi connectivity index (χ0v) is 7.86. The number of rotatable bonds is 3. The van der Waals surface area contributed by atoms with Crippen molar-refractivity contribution in [3.63, 3.8) is 0 Å². The molecule has 0 saturated heterocycles. The summed E-state index contributed by atoms with van der Waals surface area (Å²) < 4.78 is 10.5. The SMILES string of the molecule is Cc1ccc(C(NN)c2ccoc2)o1. The molecule has 3 N–H and O–H groups in total. The lowest BCUT2D eigenvalue weighted by Crippen LogP contribution is -2.28. The molecule has 74 valence electrons. The first-order valence-corrected chi connectivity index (χ1v) is 4.36. The number of furan rings is 2. The van der Waals surface area contributed by atoms with Crippen LogP contribution in [0.25, 0.3) is 0 Å². The van der Waals surface area contributed by atoms with Crippen LogP contribution in [0.2, 0.25) is 0 Å². The lowest BCUT2D eigenvalue weighted by molar-refractivity contribution is 0.432. The van der Waals surface area contributed by atoms with Crippen molar-refractivity contribution in [2.45, 2.75) is 13.0 Å². The summed E-state index contributed by atoms with van der Waals surface area (Å²) in [5, 5.41) is 0. The second-order valence-electron chi connectivity index (χ2n) is 3.10. The maximum Gasteiger partial charge on any atom is 0.127 e. The monoisotopic (exact) mass is 192 g/mol. The molecule has 0 aliphatic heterocycles. The Balaban J connectivity index is 2.31. The van der Waals surface area contributed by atoms with Crippen LogP contribution < -0.4 is 11.3 Å². The minimum atomic E-state index is -0.151. The molecule has 2 rings (SSSR count). The Hall–Kier alpha value is -1.52. The third-order valence-corrected chi connectivity index (χ3v) is 2.09. The van der Waals surface area contributed by atoms with Gasteiger partial charge >= 0.3 is 0 Å². The molecule has 0 aliphatic carbocycles. The maximum atomic E-state index is 5.48. The zero-order valence-electron chi connectivity index (χ0n) is 7.86. The molecular weight excluding hydrogens is 180 g/mol. The summed E-state index contributed by atoms with van der Waals surface area (Å²) in [5.41, 5.74) is 3.63. The average Bonchev–Trinajstić information content (AvgIpc) is 2.79. The van der Waals surface area contributed by atoms with Crippen molar-refractivity contribution in [3.8, 4) is 0 Å². The number of aryl methyl sites for hydroxylation is 1. The van der Waals surface area contributed by atoms with E-state index in [-0.39, 0.29) is 6.04 Å². The van der Waals surface area contributed by atoms with Crippen molar-refractivity contribution in [2.75, 3.05) is 0 Å². The molecule has 2 heterocycles. The molecular formula is C10H12N2O2. The van der Waals surface area contributed by atoms with Gasteiger partial charge in [0.1, 0.15) is 17.6 Å². The van der Waals surface area contributed by atoms with Gasteiger partial charge in [0, 0.05) is 5.56 Å². The molecule has 0 spiro atoms. The van der Waals surface area contributed by atoms with Gasteiger partial charge in [0.05, 0.1) is 12.5 Å². The number of nitrogens with one attached hydrogen (secondary N) is 1. The van der Waals surface area contributed by atoms with E-state index in [0.717, 1.165) is 17.1 Å². The van der Waals surface area contributed by atoms with Crippen LogP contribution in [-0.2, 0) is 0 Å². The van der Waals surface area contributed by atoms with E-state index in [1.165, 1.54) is 0 Å². The predicted octanol–water partition coefficient (Wildman–Crippen LogP) is 1.73. The van der Waals surface area contributed by atoms with E-state index in [0.29, 0.717) is 0 Å². The molecule has 2 aromatic rings. The van der Waals surface area contributed by atoms with Crippen LogP contribution in [0, 0.1) is 6.92 Å². The van der Waals surface area contributed by atoms with Crippen molar-refractivity contribution >= 4 is 0 Å². The van der Waals surface area contributed by atoms with Gasteiger partial charge in [0.15, 0.2) is 0 Å². The fourth-order valence-electron chi connectivity index (χ4n) is 1.39. The van der Waals surface area contributed by atoms with Crippen molar-refractivity contribution in [1.82, 2.24) is 5.43 Å². The molecule has 1 unspecified atom stereocenters. The molecule has 0 amide bonds. The topological polar surface area (TPSA) is 64.3 Å². The third-order valence-electron chi connectivity index (χ3n) is 2.09. The van der Waals surface area contributed by atoms with Crippen LogP contribution in [0.1, 0.15) is 23.1 Å². The van der Waals surface area contributed by atoms with Crippen molar-refractivity contribution in [3.05, 3.63) is 47.8 Å². The van der Waals surface area contributed by atoms with Gasteiger partial charge < -0.3 is 8.83 Å². The molecule has 2 aromatic heterocycles. The van der Waals surface area contributed by atoms with Crippen LogP contribution in [0.3, 0.4) is 0 Å². The Morgan fingerprint density at radius 3 is 2.71 bits per heavy atom. The largest absolute Gasteiger partial charge is 0.472 e.